The second-order valence-corrected chi connectivity index (χ2v) is 3.30. The monoisotopic (exact) mass is 263 g/mol. The molecule has 1 heterocycles. The Kier molecular flexibility index (Phi) is 4.94. The fraction of sp³-hybridized carbons (Fsp3) is 0.455. The molecule has 0 radical (unpaired) electrons. The maximum atomic E-state index is 13.6. The Labute approximate surface area is 102 Å². The van der Waals surface area contributed by atoms with Crippen LogP contribution in [0.25, 0.3) is 0 Å². The summed E-state index contributed by atoms with van der Waals surface area (Å²) in [5.41, 5.74) is -1.26. The van der Waals surface area contributed by atoms with E-state index >= 15 is 0 Å². The van der Waals surface area contributed by atoms with Gasteiger partial charge in [0.05, 0.1) is 31.4 Å². The van der Waals surface area contributed by atoms with Gasteiger partial charge in [0.1, 0.15) is 0 Å². The van der Waals surface area contributed by atoms with Crippen molar-refractivity contribution in [2.45, 2.75) is 19.8 Å². The van der Waals surface area contributed by atoms with E-state index < -0.39 is 35.9 Å². The molecule has 1 rings (SSSR count). The predicted octanol–water partition coefficient (Wildman–Crippen LogP) is 2.27. The fourth-order valence-corrected chi connectivity index (χ4v) is 1.31. The minimum Gasteiger partial charge on any atom is -0.481 e. The van der Waals surface area contributed by atoms with E-state index in [2.05, 4.69) is 14.5 Å². The van der Waals surface area contributed by atoms with Crippen LogP contribution in [-0.2, 0) is 16.0 Å². The van der Waals surface area contributed by atoms with Crippen LogP contribution < -0.4 is 4.74 Å². The average molecular weight is 263 g/mol. The average Bonchev–Trinajstić information content (AvgIpc) is 2.31. The molecule has 0 aliphatic rings. The number of methoxy groups -OCH3 is 1. The Morgan fingerprint density at radius 1 is 1.50 bits per heavy atom. The van der Waals surface area contributed by atoms with Gasteiger partial charge in [0.25, 0.3) is 6.43 Å². The van der Waals surface area contributed by atoms with Gasteiger partial charge in [-0.05, 0) is 6.92 Å². The van der Waals surface area contributed by atoms with Crippen molar-refractivity contribution in [3.8, 4) is 5.88 Å². The van der Waals surface area contributed by atoms with Crippen molar-refractivity contribution >= 4 is 5.97 Å². The van der Waals surface area contributed by atoms with Crippen LogP contribution in [0.3, 0.4) is 0 Å². The maximum Gasteiger partial charge on any atom is 0.311 e. The number of rotatable bonds is 5. The molecule has 4 nitrogen and oxygen atoms in total. The summed E-state index contributed by atoms with van der Waals surface area (Å²) in [5.74, 6) is -2.12. The predicted molar refractivity (Wildman–Crippen MR) is 56.0 cm³/mol. The number of alkyl halides is 2. The second-order valence-electron chi connectivity index (χ2n) is 3.30. The number of hydrogen-bond acceptors (Lipinski definition) is 4. The highest BCUT2D eigenvalue weighted by molar-refractivity contribution is 5.72. The van der Waals surface area contributed by atoms with E-state index in [0.717, 1.165) is 6.07 Å². The summed E-state index contributed by atoms with van der Waals surface area (Å²) in [6.07, 6.45) is -3.53. The van der Waals surface area contributed by atoms with E-state index in [9.17, 15) is 18.0 Å². The van der Waals surface area contributed by atoms with Gasteiger partial charge in [0.15, 0.2) is 5.82 Å². The molecular weight excluding hydrogens is 251 g/mol. The van der Waals surface area contributed by atoms with Crippen LogP contribution in [-0.4, -0.2) is 24.7 Å². The number of esters is 1. The number of carbonyl (C=O) groups excluding carboxylic acids is 1. The number of pyridine rings is 1. The van der Waals surface area contributed by atoms with Gasteiger partial charge in [-0.25, -0.2) is 18.2 Å². The topological polar surface area (TPSA) is 48.4 Å². The van der Waals surface area contributed by atoms with Gasteiger partial charge in [0, 0.05) is 6.07 Å². The summed E-state index contributed by atoms with van der Waals surface area (Å²) < 4.78 is 48.1. The second kappa shape index (κ2) is 6.23. The Bertz CT molecular complexity index is 438. The van der Waals surface area contributed by atoms with Crippen molar-refractivity contribution in [1.29, 1.82) is 0 Å². The lowest BCUT2D eigenvalue weighted by Gasteiger charge is -2.09. The minimum absolute atomic E-state index is 0.117. The van der Waals surface area contributed by atoms with E-state index in [0.29, 0.717) is 0 Å². The van der Waals surface area contributed by atoms with Crippen molar-refractivity contribution in [3.63, 3.8) is 0 Å². The molecule has 18 heavy (non-hydrogen) atoms. The lowest BCUT2D eigenvalue weighted by Crippen LogP contribution is -2.12. The maximum absolute atomic E-state index is 13.6. The van der Waals surface area contributed by atoms with Crippen LogP contribution in [0, 0.1) is 5.82 Å². The molecular formula is C11H12F3NO3. The third kappa shape index (κ3) is 3.35. The van der Waals surface area contributed by atoms with Gasteiger partial charge in [-0.3, -0.25) is 4.79 Å². The molecule has 0 amide bonds. The highest BCUT2D eigenvalue weighted by atomic mass is 19.3. The molecule has 1 aromatic heterocycles. The Hall–Kier alpha value is -1.79. The van der Waals surface area contributed by atoms with Gasteiger partial charge in [-0.1, -0.05) is 0 Å². The Balaban J connectivity index is 3.09. The number of ether oxygens (including phenoxy) is 2. The van der Waals surface area contributed by atoms with Crippen LogP contribution in [0.1, 0.15) is 24.6 Å². The van der Waals surface area contributed by atoms with Crippen LogP contribution >= 0.6 is 0 Å². The van der Waals surface area contributed by atoms with Crippen molar-refractivity contribution in [3.05, 3.63) is 23.1 Å². The molecule has 0 saturated heterocycles. The first-order chi connectivity index (χ1) is 8.49. The summed E-state index contributed by atoms with van der Waals surface area (Å²) in [7, 11) is 1.21. The van der Waals surface area contributed by atoms with Gasteiger partial charge >= 0.3 is 5.97 Å². The van der Waals surface area contributed by atoms with Gasteiger partial charge in [0.2, 0.25) is 5.88 Å². The number of nitrogens with zero attached hydrogens (tertiary/aromatic N) is 1. The first-order valence-electron chi connectivity index (χ1n) is 5.16. The molecule has 0 aromatic carbocycles. The molecule has 0 spiro atoms. The Morgan fingerprint density at radius 2 is 2.17 bits per heavy atom. The molecule has 0 unspecified atom stereocenters. The van der Waals surface area contributed by atoms with E-state index in [1.807, 2.05) is 0 Å². The standard InChI is InChI=1S/C11H12F3NO3/c1-3-18-9(16)5-7-10(12)6(11(13)14)4-8(15-7)17-2/h4,11H,3,5H2,1-2H3. The van der Waals surface area contributed by atoms with Gasteiger partial charge in [-0.15, -0.1) is 0 Å². The summed E-state index contributed by atoms with van der Waals surface area (Å²) in [6.45, 7) is 1.70. The first kappa shape index (κ1) is 14.3. The largest absolute Gasteiger partial charge is 0.481 e. The lowest BCUT2D eigenvalue weighted by atomic mass is 10.1. The zero-order valence-electron chi connectivity index (χ0n) is 9.87. The highest BCUT2D eigenvalue weighted by Crippen LogP contribution is 2.27. The molecule has 0 saturated carbocycles. The lowest BCUT2D eigenvalue weighted by molar-refractivity contribution is -0.142. The van der Waals surface area contributed by atoms with Crippen molar-refractivity contribution in [1.82, 2.24) is 4.98 Å². The molecule has 1 aromatic rings. The molecule has 0 atom stereocenters. The van der Waals surface area contributed by atoms with Crippen LogP contribution in [0.5, 0.6) is 5.88 Å². The van der Waals surface area contributed by atoms with E-state index in [1.165, 1.54) is 7.11 Å². The molecule has 0 aliphatic carbocycles. The quantitative estimate of drug-likeness (QED) is 0.765. The molecule has 0 aliphatic heterocycles. The summed E-state index contributed by atoms with van der Waals surface area (Å²) in [4.78, 5) is 14.8. The van der Waals surface area contributed by atoms with Crippen LogP contribution in [0.2, 0.25) is 0 Å². The van der Waals surface area contributed by atoms with Crippen LogP contribution in [0.4, 0.5) is 13.2 Å². The van der Waals surface area contributed by atoms with Gasteiger partial charge < -0.3 is 9.47 Å². The number of aromatic nitrogens is 1. The van der Waals surface area contributed by atoms with E-state index in [4.69, 9.17) is 0 Å². The first-order valence-corrected chi connectivity index (χ1v) is 5.16. The summed E-state index contributed by atoms with van der Waals surface area (Å²) in [6, 6.07) is 0.800. The van der Waals surface area contributed by atoms with Gasteiger partial charge in [-0.2, -0.15) is 0 Å². The molecule has 0 bridgehead atoms. The Morgan fingerprint density at radius 3 is 2.67 bits per heavy atom. The summed E-state index contributed by atoms with van der Waals surface area (Å²) >= 11 is 0. The van der Waals surface area contributed by atoms with Crippen molar-refractivity contribution < 1.29 is 27.4 Å². The normalized spacial score (nSPS) is 10.6. The van der Waals surface area contributed by atoms with Crippen molar-refractivity contribution in [2.75, 3.05) is 13.7 Å². The number of hydrogen-bond donors (Lipinski definition) is 0. The fourth-order valence-electron chi connectivity index (χ4n) is 1.31. The zero-order valence-corrected chi connectivity index (χ0v) is 9.87. The molecule has 0 N–H and O–H groups in total. The minimum atomic E-state index is -3.01. The third-order valence-electron chi connectivity index (χ3n) is 2.09. The molecule has 100 valence electrons. The van der Waals surface area contributed by atoms with E-state index in [-0.39, 0.29) is 12.5 Å². The highest BCUT2D eigenvalue weighted by Gasteiger charge is 2.21. The number of halogens is 3. The summed E-state index contributed by atoms with van der Waals surface area (Å²) in [5, 5.41) is 0. The van der Waals surface area contributed by atoms with Crippen LogP contribution in [0.15, 0.2) is 6.07 Å². The molecule has 0 fully saturated rings. The number of carbonyl (C=O) groups is 1. The third-order valence-corrected chi connectivity index (χ3v) is 2.09. The van der Waals surface area contributed by atoms with Crippen molar-refractivity contribution in [2.24, 2.45) is 0 Å². The van der Waals surface area contributed by atoms with E-state index in [1.54, 1.807) is 6.92 Å². The SMILES string of the molecule is CCOC(=O)Cc1nc(OC)cc(C(F)F)c1F. The zero-order chi connectivity index (χ0) is 13.7. The smallest absolute Gasteiger partial charge is 0.311 e. The molecule has 7 heteroatoms.